The molecule has 7 fully saturated rings. The number of amides is 8. The Kier molecular flexibility index (Phi) is 30.2. The van der Waals surface area contributed by atoms with Gasteiger partial charge in [-0.25, -0.2) is 29.1 Å². The SMILES string of the molecule is CO.COC(=O)N[C@H](C(=O)N1CCC[C@H]1c1ncc(-c2ccc(-c3ccc4cc(C5=CN=C([C@@H]6[C@H]7CC[C@H](C7)N6C(=O)[C@@H](NC(=O)OC)C(C)C)C5)ccc4c3)cc2)[nH]1)C(C)C.COC(=O)N[C@H](C(=O)N1CCC[C@H]1c1ncc(-c2ccc(Br)cc2)[nH]1)C(C)C.COC(=O)N[C@H](C(=O)N1[C@@H]2CC[C@@H](C2)[C@H]1C1=NC=C(c2ccc3cc(B4OC(C)(C)C(C)(C)O4)ccc3c2)C1)C(C)C. The van der Waals surface area contributed by atoms with Gasteiger partial charge in [0.15, 0.2) is 0 Å². The van der Waals surface area contributed by atoms with Crippen LogP contribution < -0.4 is 26.7 Å². The van der Waals surface area contributed by atoms with Gasteiger partial charge < -0.3 is 84.2 Å². The number of aliphatic imine (C=N–C) groups is 2. The highest BCUT2D eigenvalue weighted by Gasteiger charge is 2.55. The number of piperidine rings is 2. The minimum absolute atomic E-state index is 0.0337. The number of hydrogen-bond acceptors (Lipinski definition) is 19. The number of carbonyl (C=O) groups excluding carboxylic acids is 8. The van der Waals surface area contributed by atoms with E-state index < -0.39 is 55.7 Å². The van der Waals surface area contributed by atoms with Crippen molar-refractivity contribution in [1.82, 2.24) is 60.8 Å². The van der Waals surface area contributed by atoms with Crippen LogP contribution in [0.2, 0.25) is 0 Å². The molecule has 17 rings (SSSR count). The Morgan fingerprint density at radius 2 is 0.788 bits per heavy atom. The fraction of sp³-hybridized carbons (Fsp3) is 0.485. The summed E-state index contributed by atoms with van der Waals surface area (Å²) < 4.78 is 32.6. The fourth-order valence-electron chi connectivity index (χ4n) is 20.2. The van der Waals surface area contributed by atoms with E-state index in [9.17, 15) is 38.4 Å². The average molecular weight is 1870 g/mol. The number of aromatic nitrogens is 4. The largest absolute Gasteiger partial charge is 0.494 e. The van der Waals surface area contributed by atoms with Crippen LogP contribution in [0.4, 0.5) is 19.2 Å². The average Bonchev–Trinajstić information content (AvgIpc) is 1.59. The number of hydrogen-bond donors (Lipinski definition) is 7. The molecule has 0 unspecified atom stereocenters. The molecule has 2 aliphatic carbocycles. The predicted octanol–water partition coefficient (Wildman–Crippen LogP) is 16.5. The lowest BCUT2D eigenvalue weighted by molar-refractivity contribution is -0.138. The number of nitrogens with zero attached hydrogens (tertiary/aromatic N) is 8. The van der Waals surface area contributed by atoms with Gasteiger partial charge in [-0.15, -0.1) is 0 Å². The number of methoxy groups -OCH3 is 4. The van der Waals surface area contributed by atoms with Crippen LogP contribution in [-0.4, -0.2) is 219 Å². The lowest BCUT2D eigenvalue weighted by atomic mass is 9.78. The summed E-state index contributed by atoms with van der Waals surface area (Å²) >= 11 is 3.44. The van der Waals surface area contributed by atoms with Gasteiger partial charge in [-0.05, 0) is 229 Å². The van der Waals surface area contributed by atoms with E-state index in [4.69, 9.17) is 43.6 Å². The van der Waals surface area contributed by atoms with Crippen molar-refractivity contribution in [2.45, 2.75) is 232 Å². The Hall–Kier alpha value is -11.5. The van der Waals surface area contributed by atoms with E-state index >= 15 is 0 Å². The molecule has 0 radical (unpaired) electrons. The minimum atomic E-state index is -0.684. The number of carbonyl (C=O) groups is 8. The Balaban J connectivity index is 0.000000169. The van der Waals surface area contributed by atoms with E-state index in [1.165, 1.54) is 28.4 Å². The highest BCUT2D eigenvalue weighted by Crippen LogP contribution is 2.49. The molecule has 700 valence electrons. The van der Waals surface area contributed by atoms with Crippen LogP contribution in [-0.2, 0) is 47.4 Å². The van der Waals surface area contributed by atoms with Crippen LogP contribution in [0.25, 0.3) is 66.3 Å². The molecule has 2 saturated carbocycles. The van der Waals surface area contributed by atoms with E-state index in [1.54, 1.807) is 6.20 Å². The highest BCUT2D eigenvalue weighted by molar-refractivity contribution is 9.10. The molecule has 4 bridgehead atoms. The minimum Gasteiger partial charge on any atom is -0.453 e. The first-order valence-electron chi connectivity index (χ1n) is 46.2. The number of rotatable bonds is 22. The normalized spacial score (nSPS) is 22.2. The Labute approximate surface area is 781 Å². The van der Waals surface area contributed by atoms with Crippen molar-refractivity contribution < 1.29 is 71.7 Å². The van der Waals surface area contributed by atoms with E-state index in [-0.39, 0.29) is 94.8 Å². The second-order valence-electron chi connectivity index (χ2n) is 38.2. The van der Waals surface area contributed by atoms with Gasteiger partial charge in [0, 0.05) is 73.4 Å². The number of aromatic amines is 2. The number of likely N-dealkylation sites (tertiary alicyclic amines) is 4. The molecule has 5 saturated heterocycles. The molecule has 2 aromatic heterocycles. The summed E-state index contributed by atoms with van der Waals surface area (Å²) in [5.74, 6) is 1.66. The maximum absolute atomic E-state index is 14.0. The molecule has 6 aromatic carbocycles. The van der Waals surface area contributed by atoms with Crippen LogP contribution in [0.1, 0.15) is 195 Å². The summed E-state index contributed by atoms with van der Waals surface area (Å²) in [4.78, 5) is 136. The van der Waals surface area contributed by atoms with Gasteiger partial charge in [-0.1, -0.05) is 162 Å². The first-order valence-corrected chi connectivity index (χ1v) is 47.0. The number of aliphatic hydroxyl groups excluding tert-OH is 1. The third-order valence-electron chi connectivity index (χ3n) is 28.0. The number of halogens is 1. The smallest absolute Gasteiger partial charge is 0.453 e. The van der Waals surface area contributed by atoms with E-state index in [1.807, 2.05) is 118 Å². The van der Waals surface area contributed by atoms with Crippen LogP contribution >= 0.6 is 15.9 Å². The molecule has 9 heterocycles. The number of imidazole rings is 2. The van der Waals surface area contributed by atoms with Gasteiger partial charge in [-0.3, -0.25) is 29.2 Å². The second-order valence-corrected chi connectivity index (χ2v) is 39.1. The summed E-state index contributed by atoms with van der Waals surface area (Å²) in [7, 11) is 5.84. The molecule has 7 aliphatic heterocycles. The predicted molar refractivity (Wildman–Crippen MR) is 514 cm³/mol. The van der Waals surface area contributed by atoms with E-state index in [2.05, 4.69) is 182 Å². The standard InChI is InChI=1S/C47H55N7O6.C33H42BN3O5.C20H25BrN4O3.CH4O/c1-26(2)40(51-46(57)59-5)44(55)53-19-7-8-39(53)43-49-25-38(50-43)29-11-9-28(10-12-29)30-13-14-32-21-33(16-15-31(32)20-30)35-23-37(48-24-35)42-34-17-18-36(22-34)54(42)45(56)41(27(3)4)52-47(58)60-6;1-19(2)28(36-31(39)40-7)30(38)37-26-13-11-23(16-26)29(37)27-17-24(18-35-27)21-8-9-22-15-25(12-10-20(22)14-21)34-41-32(3,4)33(5,6)42-34;1-12(2)17(24-20(27)28-3)19(26)25-10-4-5-16(25)18-22-11-15(23-18)13-6-8-14(21)9-7-13;1-2/h9-16,20-21,24-27,34,36,39-42H,7-8,17-19,22-23H2,1-6H3,(H,49,50)(H,51,57)(H,52,58);8-10,12,14-15,18-19,23,26,28-29H,11,13,16-17H2,1-7H3,(H,36,39);6-9,11-12,16-17H,4-5,10H2,1-3H3,(H,22,23)(H,24,27);2H,1H3/t34-,36+,39-,40-,41-,42-;23-,26+,28-,29-;16-,17-;/m000./s1. The molecule has 12 atom stereocenters. The van der Waals surface area contributed by atoms with Crippen molar-refractivity contribution in [1.29, 1.82) is 0 Å². The Morgan fingerprint density at radius 1 is 0.447 bits per heavy atom. The first kappa shape index (κ1) is 96.5. The third-order valence-corrected chi connectivity index (χ3v) is 28.5. The van der Waals surface area contributed by atoms with Crippen LogP contribution in [0, 0.1) is 35.5 Å². The van der Waals surface area contributed by atoms with Gasteiger partial charge in [0.05, 0.1) is 87.6 Å². The molecule has 0 spiro atoms. The van der Waals surface area contributed by atoms with Gasteiger partial charge >= 0.3 is 31.5 Å². The zero-order valence-corrected chi connectivity index (χ0v) is 80.3. The van der Waals surface area contributed by atoms with Crippen molar-refractivity contribution in [3.63, 3.8) is 0 Å². The van der Waals surface area contributed by atoms with Gasteiger partial charge in [0.25, 0.3) is 0 Å². The lowest BCUT2D eigenvalue weighted by Gasteiger charge is -2.38. The summed E-state index contributed by atoms with van der Waals surface area (Å²) in [6.07, 6.45) is 16.1. The van der Waals surface area contributed by atoms with Crippen molar-refractivity contribution >= 4 is 121 Å². The van der Waals surface area contributed by atoms with Gasteiger partial charge in [-0.2, -0.15) is 0 Å². The molecule has 9 aliphatic rings. The third kappa shape index (κ3) is 20.6. The van der Waals surface area contributed by atoms with Crippen molar-refractivity contribution in [3.8, 4) is 33.6 Å². The maximum atomic E-state index is 14.0. The molecule has 7 N–H and O–H groups in total. The van der Waals surface area contributed by atoms with Gasteiger partial charge in [0.1, 0.15) is 35.8 Å². The van der Waals surface area contributed by atoms with E-state index in [0.29, 0.717) is 37.8 Å². The number of benzene rings is 6. The zero-order chi connectivity index (χ0) is 94.5. The molecule has 8 aromatic rings. The topological polar surface area (TPSA) is 355 Å². The molecular weight excluding hydrogens is 1740 g/mol. The van der Waals surface area contributed by atoms with Crippen molar-refractivity contribution in [2.75, 3.05) is 48.6 Å². The maximum Gasteiger partial charge on any atom is 0.494 e. The molecular formula is C101H126BBrN14O15. The summed E-state index contributed by atoms with van der Waals surface area (Å²) in [5.41, 5.74) is 12.9. The first-order chi connectivity index (χ1) is 63.2. The number of aliphatic hydroxyl groups is 1. The number of allylic oxidation sites excluding steroid dienone is 2. The molecule has 29 nitrogen and oxygen atoms in total. The van der Waals surface area contributed by atoms with Crippen LogP contribution in [0.5, 0.6) is 0 Å². The van der Waals surface area contributed by atoms with Crippen molar-refractivity contribution in [3.05, 3.63) is 173 Å². The Morgan fingerprint density at radius 3 is 1.17 bits per heavy atom. The van der Waals surface area contributed by atoms with E-state index in [0.717, 1.165) is 182 Å². The fourth-order valence-corrected chi connectivity index (χ4v) is 20.4. The number of alkyl carbamates (subject to hydrolysis) is 4. The number of fused-ring (bicyclic) bond motifs is 6. The Bertz CT molecular complexity index is 5690. The quantitative estimate of drug-likeness (QED) is 0.0245. The number of nitrogens with one attached hydrogen (secondary N) is 6. The monoisotopic (exact) mass is 1860 g/mol. The van der Waals surface area contributed by atoms with Crippen molar-refractivity contribution in [2.24, 2.45) is 45.5 Å². The highest BCUT2D eigenvalue weighted by atomic mass is 79.9. The summed E-state index contributed by atoms with van der Waals surface area (Å²) in [5, 5.41) is 22.5. The molecule has 31 heteroatoms. The lowest BCUT2D eigenvalue weighted by Crippen LogP contribution is -2.57. The molecule has 8 amide bonds. The molecule has 132 heavy (non-hydrogen) atoms. The zero-order valence-electron chi connectivity index (χ0n) is 78.7. The summed E-state index contributed by atoms with van der Waals surface area (Å²) in [6, 6.07) is 39.7. The number of ether oxygens (including phenoxy) is 4. The second kappa shape index (κ2) is 41.3. The number of H-pyrrole nitrogens is 2. The van der Waals surface area contributed by atoms with Crippen LogP contribution in [0.15, 0.2) is 161 Å². The summed E-state index contributed by atoms with van der Waals surface area (Å²) in [6.45, 7) is 24.9. The van der Waals surface area contributed by atoms with Gasteiger partial charge in [0.2, 0.25) is 23.6 Å². The van der Waals surface area contributed by atoms with Crippen LogP contribution in [0.3, 0.4) is 0 Å².